The number of carbonyl (C=O) groups is 1. The van der Waals surface area contributed by atoms with E-state index in [1.54, 1.807) is 16.9 Å². The molecule has 0 unspecified atom stereocenters. The van der Waals surface area contributed by atoms with Gasteiger partial charge in [-0.15, -0.1) is 5.10 Å². The molecule has 4 aromatic heterocycles. The molecule has 0 radical (unpaired) electrons. The molecule has 0 spiro atoms. The van der Waals surface area contributed by atoms with Crippen LogP contribution >= 0.6 is 0 Å². The molecule has 2 fully saturated rings. The van der Waals surface area contributed by atoms with Crippen molar-refractivity contribution in [3.63, 3.8) is 0 Å². The standard InChI is InChI=1S/C25H28N10O2/c1-16(2)35-24(30-31-32-35)18-4-3-5-23(28-18)29-25(36)19-12-21(34-14-20(27-15-34)17-6-7-17)22(13-26-19)33-8-10-37-11-9-33/h3-5,12-17H,6-11H2,1-2H3,(H,28,29,36). The van der Waals surface area contributed by atoms with Crippen molar-refractivity contribution in [2.45, 2.75) is 38.6 Å². The Morgan fingerprint density at radius 3 is 2.76 bits per heavy atom. The van der Waals surface area contributed by atoms with Crippen LogP contribution in [0.2, 0.25) is 0 Å². The minimum absolute atomic E-state index is 0.0706. The smallest absolute Gasteiger partial charge is 0.275 e. The molecule has 6 rings (SSSR count). The zero-order valence-electron chi connectivity index (χ0n) is 20.8. The van der Waals surface area contributed by atoms with E-state index in [0.29, 0.717) is 36.5 Å². The fraction of sp³-hybridized carbons (Fsp3) is 0.400. The molecule has 4 aromatic rings. The lowest BCUT2D eigenvalue weighted by atomic mass is 10.2. The number of amides is 1. The molecule has 12 nitrogen and oxygen atoms in total. The van der Waals surface area contributed by atoms with Crippen molar-refractivity contribution in [1.82, 2.24) is 39.7 Å². The minimum Gasteiger partial charge on any atom is -0.378 e. The van der Waals surface area contributed by atoms with E-state index < -0.39 is 0 Å². The monoisotopic (exact) mass is 500 g/mol. The molecule has 0 bridgehead atoms. The first-order valence-electron chi connectivity index (χ1n) is 12.5. The number of hydrogen-bond acceptors (Lipinski definition) is 9. The van der Waals surface area contributed by atoms with Gasteiger partial charge in [-0.2, -0.15) is 0 Å². The maximum atomic E-state index is 13.3. The lowest BCUT2D eigenvalue weighted by Gasteiger charge is -2.30. The van der Waals surface area contributed by atoms with Crippen molar-refractivity contribution in [1.29, 1.82) is 0 Å². The quantitative estimate of drug-likeness (QED) is 0.407. The van der Waals surface area contributed by atoms with Gasteiger partial charge in [-0.1, -0.05) is 6.07 Å². The van der Waals surface area contributed by atoms with Crippen LogP contribution in [0.15, 0.2) is 43.0 Å². The van der Waals surface area contributed by atoms with Crippen LogP contribution in [-0.2, 0) is 4.74 Å². The molecule has 1 N–H and O–H groups in total. The Kier molecular flexibility index (Phi) is 6.08. The first kappa shape index (κ1) is 23.2. The van der Waals surface area contributed by atoms with E-state index in [1.807, 2.05) is 42.9 Å². The maximum Gasteiger partial charge on any atom is 0.275 e. The lowest BCUT2D eigenvalue weighted by Crippen LogP contribution is -2.37. The van der Waals surface area contributed by atoms with Gasteiger partial charge in [-0.05, 0) is 55.3 Å². The summed E-state index contributed by atoms with van der Waals surface area (Å²) in [7, 11) is 0. The summed E-state index contributed by atoms with van der Waals surface area (Å²) in [5.41, 5.74) is 3.74. The summed E-state index contributed by atoms with van der Waals surface area (Å²) in [6.45, 7) is 6.81. The number of pyridine rings is 2. The van der Waals surface area contributed by atoms with Crippen LogP contribution in [0, 0.1) is 0 Å². The molecule has 1 aliphatic heterocycles. The van der Waals surface area contributed by atoms with Gasteiger partial charge in [0.05, 0.1) is 48.8 Å². The van der Waals surface area contributed by atoms with Crippen molar-refractivity contribution in [2.75, 3.05) is 36.5 Å². The average Bonchev–Trinajstić information content (AvgIpc) is 3.44. The number of imidazole rings is 1. The van der Waals surface area contributed by atoms with Gasteiger partial charge in [0.25, 0.3) is 5.91 Å². The second-order valence-corrected chi connectivity index (χ2v) is 9.54. The van der Waals surface area contributed by atoms with Gasteiger partial charge < -0.3 is 19.5 Å². The number of tetrazole rings is 1. The van der Waals surface area contributed by atoms with E-state index in [-0.39, 0.29) is 17.6 Å². The number of carbonyl (C=O) groups excluding carboxylic acids is 1. The van der Waals surface area contributed by atoms with Crippen LogP contribution in [0.5, 0.6) is 0 Å². The van der Waals surface area contributed by atoms with Gasteiger partial charge in [-0.3, -0.25) is 4.79 Å². The van der Waals surface area contributed by atoms with E-state index in [1.165, 1.54) is 12.8 Å². The summed E-state index contributed by atoms with van der Waals surface area (Å²) in [6.07, 6.45) is 7.98. The molecule has 5 heterocycles. The molecule has 1 amide bonds. The van der Waals surface area contributed by atoms with Crippen molar-refractivity contribution in [2.24, 2.45) is 0 Å². The van der Waals surface area contributed by atoms with E-state index in [2.05, 4.69) is 46.9 Å². The largest absolute Gasteiger partial charge is 0.378 e. The minimum atomic E-state index is -0.356. The molecular formula is C25H28N10O2. The molecule has 2 aliphatic rings. The predicted octanol–water partition coefficient (Wildman–Crippen LogP) is 2.86. The SMILES string of the molecule is CC(C)n1nnnc1-c1cccc(NC(=O)c2cc(-n3cnc(C4CC4)c3)c(N3CCOCC3)cn2)n1. The Bertz CT molecular complexity index is 1420. The van der Waals surface area contributed by atoms with E-state index in [4.69, 9.17) is 4.74 Å². The number of nitrogens with one attached hydrogen (secondary N) is 1. The van der Waals surface area contributed by atoms with Gasteiger partial charge >= 0.3 is 0 Å². The predicted molar refractivity (Wildman–Crippen MR) is 136 cm³/mol. The maximum absolute atomic E-state index is 13.3. The van der Waals surface area contributed by atoms with Crippen LogP contribution in [0.25, 0.3) is 17.2 Å². The summed E-state index contributed by atoms with van der Waals surface area (Å²) >= 11 is 0. The number of anilines is 2. The zero-order valence-corrected chi connectivity index (χ0v) is 20.8. The first-order valence-corrected chi connectivity index (χ1v) is 12.5. The summed E-state index contributed by atoms with van der Waals surface area (Å²) in [5, 5.41) is 14.8. The van der Waals surface area contributed by atoms with Gasteiger partial charge in [0.15, 0.2) is 0 Å². The van der Waals surface area contributed by atoms with E-state index >= 15 is 0 Å². The highest BCUT2D eigenvalue weighted by atomic mass is 16.5. The first-order chi connectivity index (χ1) is 18.1. The van der Waals surface area contributed by atoms with Crippen LogP contribution in [0.1, 0.15) is 54.8 Å². The summed E-state index contributed by atoms with van der Waals surface area (Å²) < 4.78 is 9.20. The highest BCUT2D eigenvalue weighted by Gasteiger charge is 2.27. The highest BCUT2D eigenvalue weighted by Crippen LogP contribution is 2.39. The Hall–Kier alpha value is -4.19. The second-order valence-electron chi connectivity index (χ2n) is 9.54. The Morgan fingerprint density at radius 2 is 1.97 bits per heavy atom. The fourth-order valence-corrected chi connectivity index (χ4v) is 4.40. The third-order valence-electron chi connectivity index (χ3n) is 6.52. The van der Waals surface area contributed by atoms with Crippen LogP contribution in [0.3, 0.4) is 0 Å². The van der Waals surface area contributed by atoms with Crippen molar-refractivity contribution < 1.29 is 9.53 Å². The molecule has 1 saturated heterocycles. The topological polar surface area (TPSA) is 129 Å². The molecular weight excluding hydrogens is 472 g/mol. The van der Waals surface area contributed by atoms with E-state index in [0.717, 1.165) is 30.2 Å². The normalized spacial score (nSPS) is 15.8. The second kappa shape index (κ2) is 9.69. The zero-order chi connectivity index (χ0) is 25.4. The third kappa shape index (κ3) is 4.79. The molecule has 0 atom stereocenters. The van der Waals surface area contributed by atoms with Gasteiger partial charge in [0, 0.05) is 25.2 Å². The number of aromatic nitrogens is 8. The summed E-state index contributed by atoms with van der Waals surface area (Å²) in [6, 6.07) is 7.22. The van der Waals surface area contributed by atoms with Crippen LogP contribution in [0.4, 0.5) is 11.5 Å². The lowest BCUT2D eigenvalue weighted by molar-refractivity contribution is 0.102. The average molecular weight is 501 g/mol. The van der Waals surface area contributed by atoms with Crippen molar-refractivity contribution in [3.8, 4) is 17.2 Å². The van der Waals surface area contributed by atoms with Gasteiger partial charge in [-0.25, -0.2) is 19.6 Å². The molecule has 37 heavy (non-hydrogen) atoms. The fourth-order valence-electron chi connectivity index (χ4n) is 4.40. The number of morpholine rings is 1. The van der Waals surface area contributed by atoms with Crippen molar-refractivity contribution >= 4 is 17.4 Å². The number of rotatable bonds is 7. The Morgan fingerprint density at radius 1 is 1.14 bits per heavy atom. The molecule has 1 saturated carbocycles. The summed E-state index contributed by atoms with van der Waals surface area (Å²) in [5.74, 6) is 1.10. The Balaban J connectivity index is 1.29. The summed E-state index contributed by atoms with van der Waals surface area (Å²) in [4.78, 5) is 29.2. The highest BCUT2D eigenvalue weighted by molar-refractivity contribution is 6.03. The van der Waals surface area contributed by atoms with Gasteiger partial charge in [0.2, 0.25) is 5.82 Å². The third-order valence-corrected chi connectivity index (χ3v) is 6.52. The van der Waals surface area contributed by atoms with Crippen molar-refractivity contribution in [3.05, 3.63) is 54.4 Å². The van der Waals surface area contributed by atoms with E-state index in [9.17, 15) is 4.79 Å². The number of ether oxygens (including phenoxy) is 1. The van der Waals surface area contributed by atoms with Crippen LogP contribution in [-0.4, -0.2) is 71.9 Å². The molecule has 190 valence electrons. The Labute approximate surface area is 213 Å². The number of hydrogen-bond donors (Lipinski definition) is 1. The van der Waals surface area contributed by atoms with Crippen LogP contribution < -0.4 is 10.2 Å². The molecule has 1 aliphatic carbocycles. The van der Waals surface area contributed by atoms with Gasteiger partial charge in [0.1, 0.15) is 17.2 Å². The number of nitrogens with zero attached hydrogens (tertiary/aromatic N) is 9. The molecule has 12 heteroatoms. The molecule has 0 aromatic carbocycles.